The van der Waals surface area contributed by atoms with Gasteiger partial charge >= 0.3 is 0 Å². The molecule has 0 aliphatic carbocycles. The molecule has 2 rings (SSSR count). The SMILES string of the molecule is Cc1ncc2c(n1)CCNCC2. The smallest absolute Gasteiger partial charge is 0.125 e. The van der Waals surface area contributed by atoms with Crippen LogP contribution in [0.2, 0.25) is 0 Å². The van der Waals surface area contributed by atoms with Crippen LogP contribution in [0.25, 0.3) is 0 Å². The molecule has 1 aromatic heterocycles. The van der Waals surface area contributed by atoms with E-state index in [1.54, 1.807) is 0 Å². The molecule has 1 aromatic rings. The molecule has 64 valence electrons. The largest absolute Gasteiger partial charge is 0.316 e. The minimum atomic E-state index is 0.885. The van der Waals surface area contributed by atoms with Crippen molar-refractivity contribution in [2.24, 2.45) is 0 Å². The number of hydrogen-bond donors (Lipinski definition) is 1. The first-order chi connectivity index (χ1) is 5.86. The molecule has 1 aliphatic heterocycles. The standard InChI is InChI=1S/C9H13N3/c1-7-11-6-8-2-4-10-5-3-9(8)12-7/h6,10H,2-5H2,1H3. The average Bonchev–Trinajstić information content (AvgIpc) is 2.28. The third-order valence-electron chi connectivity index (χ3n) is 2.18. The van der Waals surface area contributed by atoms with Crippen molar-refractivity contribution in [1.82, 2.24) is 15.3 Å². The number of fused-ring (bicyclic) bond motifs is 1. The van der Waals surface area contributed by atoms with E-state index in [1.807, 2.05) is 13.1 Å². The van der Waals surface area contributed by atoms with Crippen LogP contribution in [-0.4, -0.2) is 23.1 Å². The fraction of sp³-hybridized carbons (Fsp3) is 0.556. The lowest BCUT2D eigenvalue weighted by molar-refractivity contribution is 0.708. The fourth-order valence-electron chi connectivity index (χ4n) is 1.52. The van der Waals surface area contributed by atoms with Crippen molar-refractivity contribution in [3.63, 3.8) is 0 Å². The summed E-state index contributed by atoms with van der Waals surface area (Å²) in [7, 11) is 0. The maximum absolute atomic E-state index is 4.42. The van der Waals surface area contributed by atoms with Crippen molar-refractivity contribution in [3.8, 4) is 0 Å². The van der Waals surface area contributed by atoms with Gasteiger partial charge in [0.25, 0.3) is 0 Å². The Labute approximate surface area is 72.2 Å². The first-order valence-electron chi connectivity index (χ1n) is 4.38. The lowest BCUT2D eigenvalue weighted by Gasteiger charge is -2.02. The summed E-state index contributed by atoms with van der Waals surface area (Å²) in [6, 6.07) is 0. The second kappa shape index (κ2) is 3.19. The summed E-state index contributed by atoms with van der Waals surface area (Å²) in [5.74, 6) is 0.885. The normalized spacial score (nSPS) is 16.8. The van der Waals surface area contributed by atoms with Gasteiger partial charge in [-0.05, 0) is 25.5 Å². The summed E-state index contributed by atoms with van der Waals surface area (Å²) in [5, 5.41) is 3.35. The van der Waals surface area contributed by atoms with Crippen LogP contribution in [0, 0.1) is 6.92 Å². The Balaban J connectivity index is 2.36. The predicted molar refractivity (Wildman–Crippen MR) is 47.0 cm³/mol. The van der Waals surface area contributed by atoms with Gasteiger partial charge in [0.1, 0.15) is 5.82 Å². The molecule has 0 unspecified atom stereocenters. The molecule has 0 radical (unpaired) electrons. The molecule has 12 heavy (non-hydrogen) atoms. The highest BCUT2D eigenvalue weighted by Crippen LogP contribution is 2.08. The van der Waals surface area contributed by atoms with E-state index in [0.29, 0.717) is 0 Å². The fourth-order valence-corrected chi connectivity index (χ4v) is 1.52. The molecule has 0 saturated carbocycles. The summed E-state index contributed by atoms with van der Waals surface area (Å²) in [5.41, 5.74) is 2.54. The number of aryl methyl sites for hydroxylation is 1. The zero-order valence-electron chi connectivity index (χ0n) is 7.30. The molecule has 0 amide bonds. The molecule has 1 N–H and O–H groups in total. The second-order valence-electron chi connectivity index (χ2n) is 3.14. The number of nitrogens with zero attached hydrogens (tertiary/aromatic N) is 2. The van der Waals surface area contributed by atoms with Crippen molar-refractivity contribution < 1.29 is 0 Å². The summed E-state index contributed by atoms with van der Waals surface area (Å²) in [6.45, 7) is 4.04. The summed E-state index contributed by atoms with van der Waals surface area (Å²) < 4.78 is 0. The molecule has 0 aromatic carbocycles. The van der Waals surface area contributed by atoms with E-state index in [-0.39, 0.29) is 0 Å². The van der Waals surface area contributed by atoms with E-state index in [0.717, 1.165) is 31.8 Å². The van der Waals surface area contributed by atoms with Crippen LogP contribution in [0.3, 0.4) is 0 Å². The van der Waals surface area contributed by atoms with Crippen LogP contribution in [0.5, 0.6) is 0 Å². The molecule has 0 saturated heterocycles. The van der Waals surface area contributed by atoms with E-state index < -0.39 is 0 Å². The van der Waals surface area contributed by atoms with Gasteiger partial charge in [-0.1, -0.05) is 0 Å². The van der Waals surface area contributed by atoms with E-state index in [9.17, 15) is 0 Å². The van der Waals surface area contributed by atoms with Crippen LogP contribution in [0.1, 0.15) is 17.1 Å². The third-order valence-corrected chi connectivity index (χ3v) is 2.18. The number of rotatable bonds is 0. The number of nitrogens with one attached hydrogen (secondary N) is 1. The Hall–Kier alpha value is -0.960. The van der Waals surface area contributed by atoms with E-state index in [2.05, 4.69) is 15.3 Å². The van der Waals surface area contributed by atoms with Crippen LogP contribution < -0.4 is 5.32 Å². The molecule has 3 nitrogen and oxygen atoms in total. The zero-order valence-corrected chi connectivity index (χ0v) is 7.30. The highest BCUT2D eigenvalue weighted by Gasteiger charge is 2.08. The number of aromatic nitrogens is 2. The Morgan fingerprint density at radius 3 is 3.08 bits per heavy atom. The van der Waals surface area contributed by atoms with Crippen molar-refractivity contribution in [2.75, 3.05) is 13.1 Å². The molecular formula is C9H13N3. The predicted octanol–water partition coefficient (Wildman–Crippen LogP) is 0.473. The first-order valence-corrected chi connectivity index (χ1v) is 4.38. The van der Waals surface area contributed by atoms with Gasteiger partial charge in [0.05, 0.1) is 0 Å². The second-order valence-corrected chi connectivity index (χ2v) is 3.14. The van der Waals surface area contributed by atoms with Gasteiger partial charge in [0.2, 0.25) is 0 Å². The van der Waals surface area contributed by atoms with E-state index in [4.69, 9.17) is 0 Å². The summed E-state index contributed by atoms with van der Waals surface area (Å²) in [4.78, 5) is 8.62. The van der Waals surface area contributed by atoms with Gasteiger partial charge in [-0.15, -0.1) is 0 Å². The molecule has 1 aliphatic rings. The van der Waals surface area contributed by atoms with Gasteiger partial charge in [-0.2, -0.15) is 0 Å². The lowest BCUT2D eigenvalue weighted by atomic mass is 10.1. The Kier molecular flexibility index (Phi) is 2.04. The van der Waals surface area contributed by atoms with Crippen LogP contribution in [-0.2, 0) is 12.8 Å². The monoisotopic (exact) mass is 163 g/mol. The minimum absolute atomic E-state index is 0.885. The number of hydrogen-bond acceptors (Lipinski definition) is 3. The van der Waals surface area contributed by atoms with E-state index in [1.165, 1.54) is 11.3 Å². The third kappa shape index (κ3) is 1.46. The molecule has 0 spiro atoms. The average molecular weight is 163 g/mol. The molecule has 0 bridgehead atoms. The zero-order chi connectivity index (χ0) is 8.39. The highest BCUT2D eigenvalue weighted by atomic mass is 14.9. The van der Waals surface area contributed by atoms with Gasteiger partial charge in [0, 0.05) is 24.9 Å². The molecule has 3 heteroatoms. The van der Waals surface area contributed by atoms with Gasteiger partial charge in [-0.25, -0.2) is 9.97 Å². The van der Waals surface area contributed by atoms with Crippen LogP contribution in [0.4, 0.5) is 0 Å². The van der Waals surface area contributed by atoms with Crippen molar-refractivity contribution >= 4 is 0 Å². The van der Waals surface area contributed by atoms with Gasteiger partial charge in [-0.3, -0.25) is 0 Å². The van der Waals surface area contributed by atoms with Crippen molar-refractivity contribution in [3.05, 3.63) is 23.3 Å². The summed E-state index contributed by atoms with van der Waals surface area (Å²) in [6.07, 6.45) is 4.07. The van der Waals surface area contributed by atoms with Gasteiger partial charge < -0.3 is 5.32 Å². The molecule has 2 heterocycles. The Bertz CT molecular complexity index is 283. The van der Waals surface area contributed by atoms with Gasteiger partial charge in [0.15, 0.2) is 0 Å². The van der Waals surface area contributed by atoms with Crippen molar-refractivity contribution in [1.29, 1.82) is 0 Å². The molecule has 0 atom stereocenters. The first kappa shape index (κ1) is 7.68. The maximum atomic E-state index is 4.42. The summed E-state index contributed by atoms with van der Waals surface area (Å²) >= 11 is 0. The van der Waals surface area contributed by atoms with Crippen LogP contribution >= 0.6 is 0 Å². The minimum Gasteiger partial charge on any atom is -0.316 e. The van der Waals surface area contributed by atoms with Crippen LogP contribution in [0.15, 0.2) is 6.20 Å². The van der Waals surface area contributed by atoms with E-state index >= 15 is 0 Å². The molecular weight excluding hydrogens is 150 g/mol. The Morgan fingerprint density at radius 1 is 1.33 bits per heavy atom. The maximum Gasteiger partial charge on any atom is 0.125 e. The lowest BCUT2D eigenvalue weighted by Crippen LogP contribution is -2.16. The Morgan fingerprint density at radius 2 is 2.17 bits per heavy atom. The van der Waals surface area contributed by atoms with Crippen molar-refractivity contribution in [2.45, 2.75) is 19.8 Å². The highest BCUT2D eigenvalue weighted by molar-refractivity contribution is 5.19. The topological polar surface area (TPSA) is 37.8 Å². The quantitative estimate of drug-likeness (QED) is 0.604. The molecule has 0 fully saturated rings.